The third-order valence-corrected chi connectivity index (χ3v) is 5.96. The highest BCUT2D eigenvalue weighted by molar-refractivity contribution is 5.82. The summed E-state index contributed by atoms with van der Waals surface area (Å²) in [4.78, 5) is 37.2. The molecule has 1 saturated heterocycles. The summed E-state index contributed by atoms with van der Waals surface area (Å²) in [6.07, 6.45) is 2.39. The lowest BCUT2D eigenvalue weighted by atomic mass is 10.0. The number of nitrogens with zero attached hydrogens (tertiary/aromatic N) is 2. The molecule has 32 heavy (non-hydrogen) atoms. The molecule has 0 bridgehead atoms. The predicted octanol–water partition coefficient (Wildman–Crippen LogP) is 2.45. The smallest absolute Gasteiger partial charge is 0.310 e. The van der Waals surface area contributed by atoms with E-state index in [1.54, 1.807) is 10.6 Å². The van der Waals surface area contributed by atoms with Crippen LogP contribution in [-0.2, 0) is 9.59 Å². The molecule has 0 unspecified atom stereocenters. The Hall–Kier alpha value is -3.53. The minimum Gasteiger partial charge on any atom is -0.484 e. The van der Waals surface area contributed by atoms with E-state index in [1.165, 1.54) is 23.8 Å². The molecular weight excluding hydrogens is 408 g/mol. The van der Waals surface area contributed by atoms with Gasteiger partial charge in [0.25, 0.3) is 11.5 Å². The van der Waals surface area contributed by atoms with Gasteiger partial charge in [-0.3, -0.25) is 14.4 Å². The molecule has 1 aliphatic carbocycles. The Morgan fingerprint density at radius 2 is 1.88 bits per heavy atom. The minimum atomic E-state index is -0.899. The van der Waals surface area contributed by atoms with E-state index in [0.29, 0.717) is 11.7 Å². The second kappa shape index (κ2) is 8.91. The molecule has 1 aromatic carbocycles. The number of carboxylic acid groups (broad SMARTS) is 1. The van der Waals surface area contributed by atoms with Crippen molar-refractivity contribution in [1.29, 1.82) is 0 Å². The lowest BCUT2D eigenvalue weighted by molar-refractivity contribution is -0.153. The molecule has 4 rings (SSSR count). The Kier molecular flexibility index (Phi) is 6.04. The van der Waals surface area contributed by atoms with Crippen molar-refractivity contribution in [2.24, 2.45) is 11.8 Å². The number of aliphatic carboxylic acids is 1. The number of carbonyl (C=O) groups excluding carboxylic acids is 1. The first-order valence-corrected chi connectivity index (χ1v) is 10.8. The Bertz CT molecular complexity index is 1150. The summed E-state index contributed by atoms with van der Waals surface area (Å²) in [6, 6.07) is 10.9. The van der Waals surface area contributed by atoms with E-state index < -0.39 is 11.9 Å². The number of amides is 1. The zero-order valence-corrected chi connectivity index (χ0v) is 18.2. The van der Waals surface area contributed by atoms with Crippen LogP contribution in [-0.4, -0.2) is 46.1 Å². The monoisotopic (exact) mass is 434 g/mol. The van der Waals surface area contributed by atoms with Crippen molar-refractivity contribution in [3.05, 3.63) is 63.6 Å². The molecule has 1 aliphatic heterocycles. The van der Waals surface area contributed by atoms with Gasteiger partial charge in [-0.25, -0.2) is 0 Å². The molecule has 2 heterocycles. The number of hydrogen-bond acceptors (Lipinski definition) is 4. The first-order chi connectivity index (χ1) is 15.3. The van der Waals surface area contributed by atoms with Crippen LogP contribution in [0.2, 0.25) is 0 Å². The third-order valence-electron chi connectivity index (χ3n) is 5.96. The summed E-state index contributed by atoms with van der Waals surface area (Å²) in [6.45, 7) is 3.95. The van der Waals surface area contributed by atoms with Crippen LogP contribution in [0.5, 0.6) is 5.75 Å². The molecule has 0 spiro atoms. The van der Waals surface area contributed by atoms with Crippen molar-refractivity contribution in [3.63, 3.8) is 0 Å². The van der Waals surface area contributed by atoms with Gasteiger partial charge in [-0.1, -0.05) is 24.0 Å². The minimum absolute atomic E-state index is 0.169. The van der Waals surface area contributed by atoms with E-state index in [1.807, 2.05) is 38.1 Å². The van der Waals surface area contributed by atoms with Crippen LogP contribution in [0.25, 0.3) is 0 Å². The molecule has 7 heteroatoms. The fourth-order valence-corrected chi connectivity index (χ4v) is 3.74. The van der Waals surface area contributed by atoms with Gasteiger partial charge in [0.05, 0.1) is 12.0 Å². The number of rotatable bonds is 6. The predicted molar refractivity (Wildman–Crippen MR) is 118 cm³/mol. The van der Waals surface area contributed by atoms with Gasteiger partial charge in [0, 0.05) is 36.3 Å². The lowest BCUT2D eigenvalue weighted by Gasteiger charge is -2.36. The topological polar surface area (TPSA) is 88.8 Å². The van der Waals surface area contributed by atoms with Crippen LogP contribution in [0.15, 0.2) is 41.2 Å². The van der Waals surface area contributed by atoms with E-state index in [2.05, 4.69) is 11.8 Å². The first kappa shape index (κ1) is 21.7. The maximum Gasteiger partial charge on any atom is 0.310 e. The van der Waals surface area contributed by atoms with Crippen molar-refractivity contribution in [3.8, 4) is 17.6 Å². The molecule has 1 aromatic heterocycles. The fraction of sp³-hybridized carbons (Fsp3) is 0.400. The number of aryl methyl sites for hydroxylation is 1. The molecule has 7 nitrogen and oxygen atoms in total. The van der Waals surface area contributed by atoms with Crippen molar-refractivity contribution < 1.29 is 19.4 Å². The van der Waals surface area contributed by atoms with E-state index >= 15 is 0 Å². The highest BCUT2D eigenvalue weighted by Crippen LogP contribution is 2.27. The summed E-state index contributed by atoms with van der Waals surface area (Å²) < 4.78 is 7.21. The molecular formula is C25H26N2O5. The second-order valence-corrected chi connectivity index (χ2v) is 8.50. The van der Waals surface area contributed by atoms with Crippen LogP contribution in [0, 0.1) is 30.6 Å². The van der Waals surface area contributed by atoms with E-state index in [9.17, 15) is 14.4 Å². The average molecular weight is 434 g/mol. The lowest BCUT2D eigenvalue weighted by Crippen LogP contribution is -2.54. The van der Waals surface area contributed by atoms with Gasteiger partial charge in [0.2, 0.25) is 0 Å². The van der Waals surface area contributed by atoms with E-state index in [-0.39, 0.29) is 37.2 Å². The van der Waals surface area contributed by atoms with Gasteiger partial charge in [-0.15, -0.1) is 0 Å². The maximum atomic E-state index is 12.8. The van der Waals surface area contributed by atoms with Gasteiger partial charge >= 0.3 is 5.97 Å². The standard InChI is InChI=1S/C25H26N2O5/c1-16-11-22(32-15-24(29)26-13-21(14-26)25(30)31)12-23(28)27(16)17(2)20-9-7-19(8-10-20)6-5-18-3-4-18/h7-12,17-18,21H,3-4,13-15H2,1-2H3,(H,30,31)/t17-/m1/s1. The molecule has 166 valence electrons. The Balaban J connectivity index is 1.40. The summed E-state index contributed by atoms with van der Waals surface area (Å²) >= 11 is 0. The second-order valence-electron chi connectivity index (χ2n) is 8.50. The van der Waals surface area contributed by atoms with Gasteiger partial charge in [0.15, 0.2) is 6.61 Å². The normalized spacial score (nSPS) is 16.5. The van der Waals surface area contributed by atoms with Crippen molar-refractivity contribution in [2.75, 3.05) is 19.7 Å². The Morgan fingerprint density at radius 1 is 1.19 bits per heavy atom. The largest absolute Gasteiger partial charge is 0.484 e. The van der Waals surface area contributed by atoms with Gasteiger partial charge in [-0.2, -0.15) is 0 Å². The van der Waals surface area contributed by atoms with Gasteiger partial charge in [0.1, 0.15) is 5.75 Å². The van der Waals surface area contributed by atoms with Crippen molar-refractivity contribution in [1.82, 2.24) is 9.47 Å². The molecule has 2 aromatic rings. The van der Waals surface area contributed by atoms with Gasteiger partial charge < -0.3 is 19.3 Å². The quantitative estimate of drug-likeness (QED) is 0.706. The summed E-state index contributed by atoms with van der Waals surface area (Å²) in [5, 5.41) is 8.90. The molecule has 1 atom stereocenters. The molecule has 1 saturated carbocycles. The Morgan fingerprint density at radius 3 is 2.47 bits per heavy atom. The summed E-state index contributed by atoms with van der Waals surface area (Å²) in [5.74, 6) is 5.62. The zero-order chi connectivity index (χ0) is 22.8. The number of ether oxygens (including phenoxy) is 1. The number of likely N-dealkylation sites (tertiary alicyclic amines) is 1. The molecule has 0 radical (unpaired) electrons. The van der Waals surface area contributed by atoms with E-state index in [0.717, 1.165) is 16.8 Å². The first-order valence-electron chi connectivity index (χ1n) is 10.8. The fourth-order valence-electron chi connectivity index (χ4n) is 3.74. The summed E-state index contributed by atoms with van der Waals surface area (Å²) in [5.41, 5.74) is 2.48. The van der Waals surface area contributed by atoms with Crippen LogP contribution in [0.1, 0.15) is 42.6 Å². The van der Waals surface area contributed by atoms with Crippen molar-refractivity contribution >= 4 is 11.9 Å². The van der Waals surface area contributed by atoms with E-state index in [4.69, 9.17) is 9.84 Å². The molecule has 2 aliphatic rings. The number of carboxylic acids is 1. The highest BCUT2D eigenvalue weighted by Gasteiger charge is 2.35. The zero-order valence-electron chi connectivity index (χ0n) is 18.2. The number of pyridine rings is 1. The van der Waals surface area contributed by atoms with Gasteiger partial charge in [-0.05, 0) is 50.5 Å². The SMILES string of the molecule is Cc1cc(OCC(=O)N2CC(C(=O)O)C2)cc(=O)n1[C@H](C)c1ccc(C#CC2CC2)cc1. The highest BCUT2D eigenvalue weighted by atomic mass is 16.5. The van der Waals surface area contributed by atoms with Crippen LogP contribution in [0.4, 0.5) is 0 Å². The average Bonchev–Trinajstić information content (AvgIpc) is 3.53. The number of carbonyl (C=O) groups is 2. The van der Waals surface area contributed by atoms with Crippen LogP contribution < -0.4 is 10.3 Å². The van der Waals surface area contributed by atoms with Crippen molar-refractivity contribution in [2.45, 2.75) is 32.7 Å². The molecule has 1 N–H and O–H groups in total. The van der Waals surface area contributed by atoms with Crippen LogP contribution in [0.3, 0.4) is 0 Å². The Labute approximate surface area is 186 Å². The molecule has 1 amide bonds. The van der Waals surface area contributed by atoms with Crippen LogP contribution >= 0.6 is 0 Å². The molecule has 2 fully saturated rings. The number of benzene rings is 1. The number of hydrogen-bond donors (Lipinski definition) is 1. The number of aromatic nitrogens is 1. The summed E-state index contributed by atoms with van der Waals surface area (Å²) in [7, 11) is 0. The maximum absolute atomic E-state index is 12.8. The third kappa shape index (κ3) is 4.86.